The van der Waals surface area contributed by atoms with E-state index in [0.29, 0.717) is 0 Å². The van der Waals surface area contributed by atoms with Gasteiger partial charge in [-0.3, -0.25) is 4.79 Å². The Kier molecular flexibility index (Phi) is 4.23. The third-order valence-electron chi connectivity index (χ3n) is 2.19. The lowest BCUT2D eigenvalue weighted by atomic mass is 10.3. The van der Waals surface area contributed by atoms with Gasteiger partial charge in [-0.25, -0.2) is 4.98 Å². The molecule has 5 heteroatoms. The van der Waals surface area contributed by atoms with Gasteiger partial charge in [0.25, 0.3) is 0 Å². The lowest BCUT2D eigenvalue weighted by Gasteiger charge is -2.15. The molecule has 0 bridgehead atoms. The molecule has 0 aliphatic rings. The second-order valence-corrected chi connectivity index (χ2v) is 4.46. The van der Waals surface area contributed by atoms with E-state index >= 15 is 0 Å². The van der Waals surface area contributed by atoms with Crippen molar-refractivity contribution in [1.29, 1.82) is 0 Å². The molecule has 1 rings (SSSR count). The van der Waals surface area contributed by atoms with Crippen molar-refractivity contribution in [3.8, 4) is 0 Å². The Hall–Kier alpha value is -0.940. The number of likely N-dealkylation sites (N-methyl/N-ethyl adjacent to an activating group) is 1. The molecular formula is C10H17N3OS. The van der Waals surface area contributed by atoms with E-state index < -0.39 is 0 Å². The number of rotatable bonds is 4. The number of nitrogens with one attached hydrogen (secondary N) is 2. The molecule has 0 saturated carbocycles. The van der Waals surface area contributed by atoms with Gasteiger partial charge in [-0.1, -0.05) is 0 Å². The topological polar surface area (TPSA) is 54.0 Å². The van der Waals surface area contributed by atoms with Crippen molar-refractivity contribution < 1.29 is 4.79 Å². The van der Waals surface area contributed by atoms with E-state index in [1.165, 1.54) is 0 Å². The van der Waals surface area contributed by atoms with Crippen LogP contribution in [0.5, 0.6) is 0 Å². The molecule has 0 saturated heterocycles. The van der Waals surface area contributed by atoms with Crippen molar-refractivity contribution in [1.82, 2.24) is 15.6 Å². The first-order valence-corrected chi connectivity index (χ1v) is 5.82. The van der Waals surface area contributed by atoms with Crippen LogP contribution in [0.15, 0.2) is 5.38 Å². The molecule has 0 aliphatic heterocycles. The van der Waals surface area contributed by atoms with E-state index in [-0.39, 0.29) is 18.0 Å². The number of hydrogen-bond donors (Lipinski definition) is 2. The maximum absolute atomic E-state index is 11.6. The molecule has 0 spiro atoms. The maximum Gasteiger partial charge on any atom is 0.237 e. The van der Waals surface area contributed by atoms with Crippen LogP contribution in [-0.2, 0) is 4.79 Å². The third-order valence-corrected chi connectivity index (χ3v) is 3.34. The largest absolute Gasteiger partial charge is 0.346 e. The first kappa shape index (κ1) is 12.1. The quantitative estimate of drug-likeness (QED) is 0.813. The molecule has 2 unspecified atom stereocenters. The molecule has 2 N–H and O–H groups in total. The molecule has 0 radical (unpaired) electrons. The van der Waals surface area contributed by atoms with E-state index in [2.05, 4.69) is 15.6 Å². The summed E-state index contributed by atoms with van der Waals surface area (Å²) in [6.07, 6.45) is 0. The summed E-state index contributed by atoms with van der Waals surface area (Å²) in [5.41, 5.74) is 0.998. The Morgan fingerprint density at radius 3 is 2.67 bits per heavy atom. The van der Waals surface area contributed by atoms with Gasteiger partial charge in [0.05, 0.1) is 12.1 Å². The number of nitrogens with zero attached hydrogens (tertiary/aromatic N) is 1. The Morgan fingerprint density at radius 1 is 1.53 bits per heavy atom. The van der Waals surface area contributed by atoms with Crippen molar-refractivity contribution >= 4 is 17.2 Å². The number of hydrogen-bond acceptors (Lipinski definition) is 4. The Labute approximate surface area is 94.1 Å². The fourth-order valence-electron chi connectivity index (χ4n) is 1.10. The zero-order valence-electron chi connectivity index (χ0n) is 9.50. The minimum atomic E-state index is -0.173. The predicted octanol–water partition coefficient (Wildman–Crippen LogP) is 1.24. The van der Waals surface area contributed by atoms with Crippen molar-refractivity contribution in [2.75, 3.05) is 7.05 Å². The summed E-state index contributed by atoms with van der Waals surface area (Å²) in [6.45, 7) is 5.72. The number of aromatic nitrogens is 1. The Morgan fingerprint density at radius 2 is 2.20 bits per heavy atom. The minimum Gasteiger partial charge on any atom is -0.346 e. The molecular weight excluding hydrogens is 210 g/mol. The van der Waals surface area contributed by atoms with Crippen LogP contribution in [0.2, 0.25) is 0 Å². The fraction of sp³-hybridized carbons (Fsp3) is 0.600. The van der Waals surface area contributed by atoms with Gasteiger partial charge in [-0.2, -0.15) is 0 Å². The van der Waals surface area contributed by atoms with Crippen LogP contribution in [0.4, 0.5) is 0 Å². The number of thiazole rings is 1. The molecule has 0 aliphatic carbocycles. The lowest BCUT2D eigenvalue weighted by Crippen LogP contribution is -2.41. The number of amides is 1. The molecule has 0 fully saturated rings. The Bertz CT molecular complexity index is 337. The summed E-state index contributed by atoms with van der Waals surface area (Å²) in [5, 5.41) is 8.74. The molecule has 1 aromatic heterocycles. The molecule has 15 heavy (non-hydrogen) atoms. The maximum atomic E-state index is 11.6. The van der Waals surface area contributed by atoms with Gasteiger partial charge in [-0.15, -0.1) is 11.3 Å². The van der Waals surface area contributed by atoms with Crippen molar-refractivity contribution in [3.63, 3.8) is 0 Å². The third kappa shape index (κ3) is 3.28. The highest BCUT2D eigenvalue weighted by molar-refractivity contribution is 7.09. The monoisotopic (exact) mass is 227 g/mol. The minimum absolute atomic E-state index is 0.00199. The summed E-state index contributed by atoms with van der Waals surface area (Å²) in [4.78, 5) is 15.9. The molecule has 1 aromatic rings. The van der Waals surface area contributed by atoms with Gasteiger partial charge in [0.1, 0.15) is 5.01 Å². The molecule has 0 aromatic carbocycles. The summed E-state index contributed by atoms with van der Waals surface area (Å²) in [7, 11) is 1.77. The van der Waals surface area contributed by atoms with Crippen LogP contribution in [0, 0.1) is 6.92 Å². The van der Waals surface area contributed by atoms with Gasteiger partial charge in [0, 0.05) is 11.1 Å². The average Bonchev–Trinajstić information content (AvgIpc) is 2.63. The molecule has 2 atom stereocenters. The fourth-order valence-corrected chi connectivity index (χ4v) is 1.91. The van der Waals surface area contributed by atoms with Crippen LogP contribution < -0.4 is 10.6 Å². The molecule has 4 nitrogen and oxygen atoms in total. The van der Waals surface area contributed by atoms with Gasteiger partial charge < -0.3 is 10.6 Å². The lowest BCUT2D eigenvalue weighted by molar-refractivity contribution is -0.123. The predicted molar refractivity (Wildman–Crippen MR) is 61.9 cm³/mol. The van der Waals surface area contributed by atoms with Gasteiger partial charge in [0.2, 0.25) is 5.91 Å². The molecule has 1 amide bonds. The van der Waals surface area contributed by atoms with Crippen LogP contribution in [-0.4, -0.2) is 24.0 Å². The van der Waals surface area contributed by atoms with E-state index in [1.54, 1.807) is 18.4 Å². The zero-order chi connectivity index (χ0) is 11.4. The highest BCUT2D eigenvalue weighted by atomic mass is 32.1. The van der Waals surface area contributed by atoms with Crippen LogP contribution in [0.25, 0.3) is 0 Å². The SMILES string of the molecule is CNC(C)C(=O)NC(C)c1nc(C)cs1. The average molecular weight is 227 g/mol. The number of carbonyl (C=O) groups excluding carboxylic acids is 1. The standard InChI is InChI=1S/C10H17N3OS/c1-6-5-15-10(12-6)8(3)13-9(14)7(2)11-4/h5,7-8,11H,1-4H3,(H,13,14). The number of aryl methyl sites for hydroxylation is 1. The highest BCUT2D eigenvalue weighted by Crippen LogP contribution is 2.17. The summed E-state index contributed by atoms with van der Waals surface area (Å²) >= 11 is 1.57. The van der Waals surface area contributed by atoms with E-state index in [9.17, 15) is 4.79 Å². The number of carbonyl (C=O) groups is 1. The Balaban J connectivity index is 2.56. The second-order valence-electron chi connectivity index (χ2n) is 3.57. The summed E-state index contributed by atoms with van der Waals surface area (Å²) in [5.74, 6) is -0.00199. The van der Waals surface area contributed by atoms with E-state index in [0.717, 1.165) is 10.7 Å². The van der Waals surface area contributed by atoms with Gasteiger partial charge >= 0.3 is 0 Å². The van der Waals surface area contributed by atoms with Crippen LogP contribution >= 0.6 is 11.3 Å². The van der Waals surface area contributed by atoms with Crippen LogP contribution in [0.1, 0.15) is 30.6 Å². The van der Waals surface area contributed by atoms with E-state index in [4.69, 9.17) is 0 Å². The normalized spacial score (nSPS) is 14.7. The smallest absolute Gasteiger partial charge is 0.237 e. The van der Waals surface area contributed by atoms with Crippen molar-refractivity contribution in [2.24, 2.45) is 0 Å². The molecule has 1 heterocycles. The van der Waals surface area contributed by atoms with Gasteiger partial charge in [0.15, 0.2) is 0 Å². The first-order valence-electron chi connectivity index (χ1n) is 4.94. The van der Waals surface area contributed by atoms with Gasteiger partial charge in [-0.05, 0) is 27.8 Å². The molecule has 84 valence electrons. The summed E-state index contributed by atoms with van der Waals surface area (Å²) < 4.78 is 0. The van der Waals surface area contributed by atoms with Crippen LogP contribution in [0.3, 0.4) is 0 Å². The van der Waals surface area contributed by atoms with Crippen molar-refractivity contribution in [3.05, 3.63) is 16.1 Å². The second kappa shape index (κ2) is 5.23. The van der Waals surface area contributed by atoms with E-state index in [1.807, 2.05) is 26.2 Å². The zero-order valence-corrected chi connectivity index (χ0v) is 10.3. The highest BCUT2D eigenvalue weighted by Gasteiger charge is 2.16. The summed E-state index contributed by atoms with van der Waals surface area (Å²) in [6, 6.07) is -0.194. The van der Waals surface area contributed by atoms with Crippen molar-refractivity contribution in [2.45, 2.75) is 32.9 Å². The first-order chi connectivity index (χ1) is 7.04.